The normalized spacial score (nSPS) is 30.4. The lowest BCUT2D eigenvalue weighted by Gasteiger charge is -2.30. The van der Waals surface area contributed by atoms with Crippen LogP contribution in [0.2, 0.25) is 10.2 Å². The number of hydrogen-bond acceptors (Lipinski definition) is 5. The molecule has 2 aromatic heterocycles. The third-order valence-corrected chi connectivity index (χ3v) is 5.47. The van der Waals surface area contributed by atoms with Crippen LogP contribution in [0.5, 0.6) is 0 Å². The first-order chi connectivity index (χ1) is 12.0. The predicted molar refractivity (Wildman–Crippen MR) is 92.6 cm³/mol. The first-order valence-electron chi connectivity index (χ1n) is 7.90. The Balaban J connectivity index is 1.61. The minimum atomic E-state index is -0.571. The van der Waals surface area contributed by atoms with Gasteiger partial charge in [-0.2, -0.15) is 0 Å². The van der Waals surface area contributed by atoms with Gasteiger partial charge in [-0.15, -0.1) is 0 Å². The average molecular weight is 380 g/mol. The van der Waals surface area contributed by atoms with Crippen LogP contribution < -0.4 is 5.32 Å². The second kappa shape index (κ2) is 6.53. The molecule has 2 fully saturated rings. The van der Waals surface area contributed by atoms with Crippen LogP contribution in [-0.2, 0) is 9.53 Å². The lowest BCUT2D eigenvalue weighted by atomic mass is 9.74. The van der Waals surface area contributed by atoms with E-state index in [2.05, 4.69) is 15.3 Å². The molecule has 2 bridgehead atoms. The van der Waals surface area contributed by atoms with Gasteiger partial charge in [-0.25, -0.2) is 4.98 Å². The van der Waals surface area contributed by atoms with Crippen molar-refractivity contribution in [3.8, 4) is 0 Å². The zero-order chi connectivity index (χ0) is 17.6. The summed E-state index contributed by atoms with van der Waals surface area (Å²) in [5, 5.41) is 13.5. The fourth-order valence-electron chi connectivity index (χ4n) is 3.74. The second-order valence-corrected chi connectivity index (χ2v) is 7.03. The highest BCUT2D eigenvalue weighted by molar-refractivity contribution is 6.41. The quantitative estimate of drug-likeness (QED) is 0.800. The van der Waals surface area contributed by atoms with Crippen LogP contribution in [0.15, 0.2) is 36.8 Å². The number of anilines is 1. The molecule has 0 spiro atoms. The monoisotopic (exact) mass is 379 g/mol. The first-order valence-corrected chi connectivity index (χ1v) is 8.65. The Morgan fingerprint density at radius 2 is 2.08 bits per heavy atom. The molecular weight excluding hydrogens is 365 g/mol. The molecule has 0 aromatic carbocycles. The summed E-state index contributed by atoms with van der Waals surface area (Å²) in [5.41, 5.74) is 1.39. The highest BCUT2D eigenvalue weighted by atomic mass is 35.5. The number of amides is 1. The van der Waals surface area contributed by atoms with Crippen LogP contribution in [0.1, 0.15) is 17.9 Å². The molecule has 2 aromatic rings. The zero-order valence-corrected chi connectivity index (χ0v) is 14.5. The van der Waals surface area contributed by atoms with E-state index in [4.69, 9.17) is 27.9 Å². The van der Waals surface area contributed by atoms with E-state index in [1.165, 1.54) is 6.20 Å². The number of ether oxygens (including phenoxy) is 1. The molecule has 1 amide bonds. The van der Waals surface area contributed by atoms with Crippen molar-refractivity contribution < 1.29 is 14.6 Å². The van der Waals surface area contributed by atoms with Gasteiger partial charge in [0.15, 0.2) is 0 Å². The Labute approximate surface area is 154 Å². The summed E-state index contributed by atoms with van der Waals surface area (Å²) in [6, 6.07) is 5.25. The van der Waals surface area contributed by atoms with Gasteiger partial charge < -0.3 is 15.2 Å². The van der Waals surface area contributed by atoms with Crippen molar-refractivity contribution in [1.82, 2.24) is 9.97 Å². The molecule has 25 heavy (non-hydrogen) atoms. The number of carbonyl (C=O) groups excluding carboxylic acids is 1. The smallest absolute Gasteiger partial charge is 0.230 e. The first kappa shape index (κ1) is 16.7. The molecule has 2 N–H and O–H groups in total. The Hall–Kier alpha value is -1.73. The maximum Gasteiger partial charge on any atom is 0.230 e. The Morgan fingerprint density at radius 3 is 2.80 bits per heavy atom. The predicted octanol–water partition coefficient (Wildman–Crippen LogP) is 2.65. The van der Waals surface area contributed by atoms with Crippen molar-refractivity contribution in [3.63, 3.8) is 0 Å². The number of fused-ring (bicyclic) bond motifs is 2. The molecule has 6 nitrogen and oxygen atoms in total. The number of nitrogens with zero attached hydrogens (tertiary/aromatic N) is 2. The van der Waals surface area contributed by atoms with Gasteiger partial charge in [0, 0.05) is 24.7 Å². The molecule has 0 saturated carbocycles. The van der Waals surface area contributed by atoms with Gasteiger partial charge in [0.2, 0.25) is 5.91 Å². The van der Waals surface area contributed by atoms with E-state index in [0.29, 0.717) is 12.1 Å². The summed E-state index contributed by atoms with van der Waals surface area (Å²) < 4.78 is 5.87. The molecule has 0 radical (unpaired) electrons. The average Bonchev–Trinajstić information content (AvgIpc) is 3.16. The van der Waals surface area contributed by atoms with E-state index in [9.17, 15) is 9.90 Å². The minimum Gasteiger partial charge on any atom is -0.390 e. The van der Waals surface area contributed by atoms with Crippen LogP contribution in [-0.4, -0.2) is 39.3 Å². The third-order valence-electron chi connectivity index (χ3n) is 4.78. The second-order valence-electron chi connectivity index (χ2n) is 6.26. The summed E-state index contributed by atoms with van der Waals surface area (Å²) in [5.74, 6) is -0.834. The number of nitrogens with one attached hydrogen (secondary N) is 1. The number of halogens is 2. The van der Waals surface area contributed by atoms with Crippen LogP contribution in [0.3, 0.4) is 0 Å². The number of hydrogen-bond donors (Lipinski definition) is 2. The summed E-state index contributed by atoms with van der Waals surface area (Å²) >= 11 is 11.8. The van der Waals surface area contributed by atoms with E-state index in [0.717, 1.165) is 5.56 Å². The fraction of sp³-hybridized carbons (Fsp3) is 0.353. The van der Waals surface area contributed by atoms with E-state index in [1.54, 1.807) is 18.5 Å². The van der Waals surface area contributed by atoms with Crippen LogP contribution >= 0.6 is 23.2 Å². The number of rotatable bonds is 3. The topological polar surface area (TPSA) is 84.3 Å². The van der Waals surface area contributed by atoms with Crippen molar-refractivity contribution >= 4 is 34.8 Å². The number of aliphatic hydroxyl groups is 1. The highest BCUT2D eigenvalue weighted by Crippen LogP contribution is 2.49. The zero-order valence-electron chi connectivity index (χ0n) is 13.0. The lowest BCUT2D eigenvalue weighted by Crippen LogP contribution is -2.41. The summed E-state index contributed by atoms with van der Waals surface area (Å²) in [6.45, 7) is 0. The Kier molecular flexibility index (Phi) is 4.37. The Morgan fingerprint density at radius 1 is 1.32 bits per heavy atom. The maximum absolute atomic E-state index is 12.9. The summed E-state index contributed by atoms with van der Waals surface area (Å²) in [6.07, 6.45) is 3.96. The van der Waals surface area contributed by atoms with Crippen molar-refractivity contribution in [3.05, 3.63) is 52.5 Å². The molecule has 4 rings (SSSR count). The molecule has 2 aliphatic rings. The molecule has 4 heterocycles. The van der Waals surface area contributed by atoms with Gasteiger partial charge in [0.1, 0.15) is 5.15 Å². The summed E-state index contributed by atoms with van der Waals surface area (Å²) in [7, 11) is 0. The van der Waals surface area contributed by atoms with Gasteiger partial charge in [-0.05, 0) is 23.8 Å². The molecule has 0 aliphatic carbocycles. The number of aliphatic hydroxyl groups excluding tert-OH is 1. The van der Waals surface area contributed by atoms with Gasteiger partial charge >= 0.3 is 0 Å². The van der Waals surface area contributed by atoms with Crippen LogP contribution in [0, 0.1) is 5.92 Å². The number of aromatic nitrogens is 2. The van der Waals surface area contributed by atoms with Gasteiger partial charge in [-0.3, -0.25) is 9.78 Å². The molecule has 130 valence electrons. The van der Waals surface area contributed by atoms with E-state index in [1.807, 2.05) is 12.1 Å². The van der Waals surface area contributed by atoms with E-state index >= 15 is 0 Å². The lowest BCUT2D eigenvalue weighted by molar-refractivity contribution is -0.121. The van der Waals surface area contributed by atoms with E-state index < -0.39 is 18.1 Å². The van der Waals surface area contributed by atoms with E-state index in [-0.39, 0.29) is 28.1 Å². The minimum absolute atomic E-state index is 0.181. The van der Waals surface area contributed by atoms with Crippen molar-refractivity contribution in [1.29, 1.82) is 0 Å². The van der Waals surface area contributed by atoms with Gasteiger partial charge in [0.05, 0.1) is 41.1 Å². The number of carbonyl (C=O) groups is 1. The SMILES string of the molecule is O=C(Nc1cnc(Cl)c(Cl)c1)[C@@H]1[C@@H](c2ccncc2)[C@H]2O[C@@H]1C[C@@H]2O. The molecule has 5 atom stereocenters. The molecule has 0 unspecified atom stereocenters. The third kappa shape index (κ3) is 3.00. The number of pyridine rings is 2. The molecule has 2 saturated heterocycles. The molecule has 8 heteroatoms. The van der Waals surface area contributed by atoms with Crippen molar-refractivity contribution in [2.24, 2.45) is 5.92 Å². The maximum atomic E-state index is 12.9. The highest BCUT2D eigenvalue weighted by Gasteiger charge is 2.56. The van der Waals surface area contributed by atoms with Crippen molar-refractivity contribution in [2.75, 3.05) is 5.32 Å². The molecular formula is C17H15Cl2N3O3. The van der Waals surface area contributed by atoms with Crippen LogP contribution in [0.4, 0.5) is 5.69 Å². The van der Waals surface area contributed by atoms with Gasteiger partial charge in [-0.1, -0.05) is 23.2 Å². The molecule has 2 aliphatic heterocycles. The van der Waals surface area contributed by atoms with Crippen LogP contribution in [0.25, 0.3) is 0 Å². The summed E-state index contributed by atoms with van der Waals surface area (Å²) in [4.78, 5) is 20.8. The Bertz CT molecular complexity index is 805. The largest absolute Gasteiger partial charge is 0.390 e. The van der Waals surface area contributed by atoms with Gasteiger partial charge in [0.25, 0.3) is 0 Å². The standard InChI is InChI=1S/C17H15Cl2N3O3/c18-10-5-9(7-21-16(10)19)22-17(24)14-12-6-11(23)15(25-12)13(14)8-1-3-20-4-2-8/h1-5,7,11-15,23H,6H2,(H,22,24)/t11-,12+,13+,14-,15-/m0/s1. The fourth-order valence-corrected chi connectivity index (χ4v) is 4.01. The van der Waals surface area contributed by atoms with Crippen molar-refractivity contribution in [2.45, 2.75) is 30.7 Å².